The topological polar surface area (TPSA) is 65.1 Å². The van der Waals surface area contributed by atoms with Crippen LogP contribution in [0.4, 0.5) is 0 Å². The molecule has 4 nitrogen and oxygen atoms in total. The third kappa shape index (κ3) is 3.52. The van der Waals surface area contributed by atoms with Crippen molar-refractivity contribution in [1.82, 2.24) is 10.3 Å². The molecule has 4 heteroatoms. The number of rotatable bonds is 4. The summed E-state index contributed by atoms with van der Waals surface area (Å²) >= 11 is 0. The number of para-hydroxylation sites is 1. The molecule has 112 valence electrons. The molecule has 0 bridgehead atoms. The van der Waals surface area contributed by atoms with Crippen LogP contribution in [0, 0.1) is 5.92 Å². The molecule has 1 aliphatic carbocycles. The van der Waals surface area contributed by atoms with Gasteiger partial charge in [0.05, 0.1) is 6.10 Å². The maximum absolute atomic E-state index is 12.0. The van der Waals surface area contributed by atoms with E-state index < -0.39 is 0 Å². The van der Waals surface area contributed by atoms with E-state index in [2.05, 4.69) is 10.3 Å². The summed E-state index contributed by atoms with van der Waals surface area (Å²) in [6.45, 7) is 1.51. The quantitative estimate of drug-likeness (QED) is 0.807. The smallest absolute Gasteiger partial charge is 0.252 e. The van der Waals surface area contributed by atoms with Crippen LogP contribution in [-0.2, 0) is 6.54 Å². The van der Waals surface area contributed by atoms with Gasteiger partial charge in [0, 0.05) is 17.6 Å². The highest BCUT2D eigenvalue weighted by molar-refractivity contribution is 5.78. The Kier molecular flexibility index (Phi) is 4.36. The molecular weight excluding hydrogens is 264 g/mol. The SMILES string of the molecule is O=c1[nH]c2ccccc2cc1CNCC1CCC(O)CC1. The van der Waals surface area contributed by atoms with Gasteiger partial charge in [-0.3, -0.25) is 4.79 Å². The van der Waals surface area contributed by atoms with E-state index in [4.69, 9.17) is 0 Å². The van der Waals surface area contributed by atoms with Gasteiger partial charge in [-0.05, 0) is 55.7 Å². The van der Waals surface area contributed by atoms with Crippen molar-refractivity contribution in [3.8, 4) is 0 Å². The van der Waals surface area contributed by atoms with E-state index >= 15 is 0 Å². The lowest BCUT2D eigenvalue weighted by molar-refractivity contribution is 0.108. The molecule has 1 aliphatic rings. The maximum atomic E-state index is 12.0. The Labute approximate surface area is 124 Å². The lowest BCUT2D eigenvalue weighted by Crippen LogP contribution is -2.29. The predicted molar refractivity (Wildman–Crippen MR) is 84.2 cm³/mol. The molecule has 0 amide bonds. The van der Waals surface area contributed by atoms with E-state index in [9.17, 15) is 9.90 Å². The highest BCUT2D eigenvalue weighted by Crippen LogP contribution is 2.23. The minimum atomic E-state index is -0.107. The first-order chi connectivity index (χ1) is 10.2. The first kappa shape index (κ1) is 14.3. The molecule has 0 radical (unpaired) electrons. The molecule has 2 aromatic rings. The number of aliphatic hydroxyl groups excluding tert-OH is 1. The van der Waals surface area contributed by atoms with Crippen molar-refractivity contribution in [2.45, 2.75) is 38.3 Å². The van der Waals surface area contributed by atoms with Crippen LogP contribution >= 0.6 is 0 Å². The second-order valence-electron chi connectivity index (χ2n) is 6.02. The summed E-state index contributed by atoms with van der Waals surface area (Å²) in [5.41, 5.74) is 1.65. The molecule has 0 unspecified atom stereocenters. The molecule has 1 saturated carbocycles. The molecule has 1 heterocycles. The molecule has 0 aliphatic heterocycles. The fraction of sp³-hybridized carbons (Fsp3) is 0.471. The summed E-state index contributed by atoms with van der Waals surface area (Å²) < 4.78 is 0. The minimum absolute atomic E-state index is 0.0136. The van der Waals surface area contributed by atoms with Gasteiger partial charge in [-0.15, -0.1) is 0 Å². The molecule has 3 rings (SSSR count). The Bertz CT molecular complexity index is 657. The van der Waals surface area contributed by atoms with Crippen molar-refractivity contribution < 1.29 is 5.11 Å². The van der Waals surface area contributed by atoms with E-state index in [1.807, 2.05) is 30.3 Å². The Balaban J connectivity index is 1.60. The number of pyridine rings is 1. The third-order valence-electron chi connectivity index (χ3n) is 4.40. The van der Waals surface area contributed by atoms with Gasteiger partial charge in [0.15, 0.2) is 0 Å². The largest absolute Gasteiger partial charge is 0.393 e. The second kappa shape index (κ2) is 6.41. The fourth-order valence-corrected chi connectivity index (χ4v) is 3.08. The Hall–Kier alpha value is -1.65. The van der Waals surface area contributed by atoms with Crippen molar-refractivity contribution in [3.63, 3.8) is 0 Å². The molecule has 0 atom stereocenters. The number of fused-ring (bicyclic) bond motifs is 1. The molecular formula is C17H22N2O2. The fourth-order valence-electron chi connectivity index (χ4n) is 3.08. The zero-order valence-electron chi connectivity index (χ0n) is 12.1. The monoisotopic (exact) mass is 286 g/mol. The van der Waals surface area contributed by atoms with Gasteiger partial charge < -0.3 is 15.4 Å². The normalized spacial score (nSPS) is 22.5. The van der Waals surface area contributed by atoms with Gasteiger partial charge in [0.2, 0.25) is 0 Å². The van der Waals surface area contributed by atoms with Crippen LogP contribution in [0.15, 0.2) is 35.1 Å². The summed E-state index contributed by atoms with van der Waals surface area (Å²) in [7, 11) is 0. The molecule has 0 spiro atoms. The number of nitrogens with one attached hydrogen (secondary N) is 2. The van der Waals surface area contributed by atoms with Gasteiger partial charge in [-0.2, -0.15) is 0 Å². The lowest BCUT2D eigenvalue weighted by atomic mass is 9.87. The Morgan fingerprint density at radius 1 is 1.19 bits per heavy atom. The Morgan fingerprint density at radius 3 is 2.76 bits per heavy atom. The summed E-state index contributed by atoms with van der Waals surface area (Å²) in [4.78, 5) is 15.0. The zero-order chi connectivity index (χ0) is 14.7. The third-order valence-corrected chi connectivity index (χ3v) is 4.40. The van der Waals surface area contributed by atoms with Crippen LogP contribution in [0.25, 0.3) is 10.9 Å². The van der Waals surface area contributed by atoms with Gasteiger partial charge in [-0.1, -0.05) is 18.2 Å². The minimum Gasteiger partial charge on any atom is -0.393 e. The van der Waals surface area contributed by atoms with Gasteiger partial charge >= 0.3 is 0 Å². The van der Waals surface area contributed by atoms with Crippen LogP contribution in [-0.4, -0.2) is 22.7 Å². The van der Waals surface area contributed by atoms with Gasteiger partial charge in [-0.25, -0.2) is 0 Å². The standard InChI is InChI=1S/C17H22N2O2/c20-15-7-5-12(6-8-15)10-18-11-14-9-13-3-1-2-4-16(13)19-17(14)21/h1-4,9,12,15,18,20H,5-8,10-11H2,(H,19,21). The predicted octanol–water partition coefficient (Wildman–Crippen LogP) is 2.17. The maximum Gasteiger partial charge on any atom is 0.252 e. The van der Waals surface area contributed by atoms with Crippen molar-refractivity contribution >= 4 is 10.9 Å². The van der Waals surface area contributed by atoms with Crippen LogP contribution in [0.1, 0.15) is 31.2 Å². The van der Waals surface area contributed by atoms with Crippen molar-refractivity contribution in [1.29, 1.82) is 0 Å². The van der Waals surface area contributed by atoms with E-state index in [0.29, 0.717) is 12.5 Å². The summed E-state index contributed by atoms with van der Waals surface area (Å²) in [5.74, 6) is 0.618. The number of benzene rings is 1. The molecule has 3 N–H and O–H groups in total. The molecule has 21 heavy (non-hydrogen) atoms. The molecule has 1 aromatic carbocycles. The second-order valence-corrected chi connectivity index (χ2v) is 6.02. The first-order valence-electron chi connectivity index (χ1n) is 7.72. The highest BCUT2D eigenvalue weighted by Gasteiger charge is 2.18. The van der Waals surface area contributed by atoms with Crippen molar-refractivity contribution in [3.05, 3.63) is 46.2 Å². The molecule has 0 saturated heterocycles. The summed E-state index contributed by atoms with van der Waals surface area (Å²) in [5, 5.41) is 14.0. The van der Waals surface area contributed by atoms with Crippen LogP contribution < -0.4 is 10.9 Å². The summed E-state index contributed by atoms with van der Waals surface area (Å²) in [6.07, 6.45) is 3.85. The van der Waals surface area contributed by atoms with Crippen molar-refractivity contribution in [2.24, 2.45) is 5.92 Å². The van der Waals surface area contributed by atoms with Crippen LogP contribution in [0.5, 0.6) is 0 Å². The molecule has 1 aromatic heterocycles. The first-order valence-corrected chi connectivity index (χ1v) is 7.72. The van der Waals surface area contributed by atoms with E-state index in [1.54, 1.807) is 0 Å². The van der Waals surface area contributed by atoms with Gasteiger partial charge in [0.25, 0.3) is 5.56 Å². The van der Waals surface area contributed by atoms with Crippen LogP contribution in [0.3, 0.4) is 0 Å². The van der Waals surface area contributed by atoms with Crippen molar-refractivity contribution in [2.75, 3.05) is 6.54 Å². The van der Waals surface area contributed by atoms with E-state index in [0.717, 1.165) is 48.7 Å². The van der Waals surface area contributed by atoms with Crippen LogP contribution in [0.2, 0.25) is 0 Å². The number of aromatic amines is 1. The molecule has 1 fully saturated rings. The number of hydrogen-bond acceptors (Lipinski definition) is 3. The van der Waals surface area contributed by atoms with Gasteiger partial charge in [0.1, 0.15) is 0 Å². The zero-order valence-corrected chi connectivity index (χ0v) is 12.1. The average Bonchev–Trinajstić information content (AvgIpc) is 2.50. The number of aliphatic hydroxyl groups is 1. The van der Waals surface area contributed by atoms with E-state index in [-0.39, 0.29) is 11.7 Å². The number of aromatic nitrogens is 1. The Morgan fingerprint density at radius 2 is 1.95 bits per heavy atom. The summed E-state index contributed by atoms with van der Waals surface area (Å²) in [6, 6.07) is 9.79. The lowest BCUT2D eigenvalue weighted by Gasteiger charge is -2.25. The number of hydrogen-bond donors (Lipinski definition) is 3. The highest BCUT2D eigenvalue weighted by atomic mass is 16.3. The van der Waals surface area contributed by atoms with E-state index in [1.165, 1.54) is 0 Å². The average molecular weight is 286 g/mol. The number of H-pyrrole nitrogens is 1.